The van der Waals surface area contributed by atoms with Gasteiger partial charge in [0.25, 0.3) is 0 Å². The molecule has 0 radical (unpaired) electrons. The molecule has 0 spiro atoms. The van der Waals surface area contributed by atoms with Crippen LogP contribution in [0.2, 0.25) is 0 Å². The molecule has 0 saturated heterocycles. The molecular weight excluding hydrogens is 325 g/mol. The minimum absolute atomic E-state index is 0.192. The van der Waals surface area contributed by atoms with Crippen LogP contribution in [-0.4, -0.2) is 9.03 Å². The van der Waals surface area contributed by atoms with E-state index in [0.29, 0.717) is 0 Å². The van der Waals surface area contributed by atoms with Gasteiger partial charge in [0.05, 0.1) is 6.10 Å². The molecule has 1 nitrogen and oxygen atoms in total. The maximum Gasteiger partial charge on any atom is 0.0910 e. The van der Waals surface area contributed by atoms with E-state index in [4.69, 9.17) is 0 Å². The van der Waals surface area contributed by atoms with Gasteiger partial charge in [0.1, 0.15) is 0 Å². The van der Waals surface area contributed by atoms with Gasteiger partial charge >= 0.3 is 0 Å². The summed E-state index contributed by atoms with van der Waals surface area (Å²) in [6.07, 6.45) is 0.481. The van der Waals surface area contributed by atoms with Crippen LogP contribution in [0.25, 0.3) is 0 Å². The predicted molar refractivity (Wildman–Crippen MR) is 79.4 cm³/mol. The number of rotatable bonds is 4. The standard InChI is InChI=1S/C15H15IO/c16-14(11-12-7-3-1-4-8-12)15(17)13-9-5-2-6-10-13/h1-10,14-15,17H,11H2/i17+2. The van der Waals surface area contributed by atoms with Gasteiger partial charge in [-0.3, -0.25) is 0 Å². The van der Waals surface area contributed by atoms with Crippen LogP contribution < -0.4 is 0 Å². The lowest BCUT2D eigenvalue weighted by Crippen LogP contribution is -2.14. The molecule has 0 aliphatic rings. The van der Waals surface area contributed by atoms with Crippen LogP contribution in [0.15, 0.2) is 60.7 Å². The van der Waals surface area contributed by atoms with Gasteiger partial charge < -0.3 is 5.11 Å². The third-order valence-electron chi connectivity index (χ3n) is 2.76. The summed E-state index contributed by atoms with van der Waals surface area (Å²) in [6, 6.07) is 20.1. The van der Waals surface area contributed by atoms with E-state index in [9.17, 15) is 5.11 Å². The van der Waals surface area contributed by atoms with Crippen molar-refractivity contribution in [2.24, 2.45) is 0 Å². The van der Waals surface area contributed by atoms with E-state index < -0.39 is 6.10 Å². The van der Waals surface area contributed by atoms with Crippen LogP contribution in [0.4, 0.5) is 0 Å². The molecule has 0 aliphatic heterocycles. The van der Waals surface area contributed by atoms with Crippen LogP contribution in [-0.2, 0) is 6.42 Å². The molecular formula is C15H15IO. The number of halogens is 1. The number of aliphatic hydroxyl groups is 1. The topological polar surface area (TPSA) is 20.2 Å². The lowest BCUT2D eigenvalue weighted by atomic mass is 10.0. The molecule has 17 heavy (non-hydrogen) atoms. The highest BCUT2D eigenvalue weighted by molar-refractivity contribution is 14.1. The summed E-state index contributed by atoms with van der Waals surface area (Å²) >= 11 is 2.32. The minimum atomic E-state index is -0.406. The molecule has 0 aliphatic carbocycles. The molecule has 0 fully saturated rings. The Morgan fingerprint density at radius 2 is 1.41 bits per heavy atom. The van der Waals surface area contributed by atoms with Gasteiger partial charge in [0.15, 0.2) is 0 Å². The van der Waals surface area contributed by atoms with Crippen molar-refractivity contribution in [3.8, 4) is 0 Å². The molecule has 0 heterocycles. The summed E-state index contributed by atoms with van der Waals surface area (Å²) in [5.41, 5.74) is 2.25. The Bertz CT molecular complexity index is 441. The fourth-order valence-electron chi connectivity index (χ4n) is 1.81. The zero-order valence-electron chi connectivity index (χ0n) is 9.46. The van der Waals surface area contributed by atoms with Gasteiger partial charge in [-0.25, -0.2) is 0 Å². The zero-order valence-corrected chi connectivity index (χ0v) is 11.6. The Morgan fingerprint density at radius 3 is 2.00 bits per heavy atom. The summed E-state index contributed by atoms with van der Waals surface area (Å²) in [7, 11) is 0. The van der Waals surface area contributed by atoms with Crippen molar-refractivity contribution >= 4 is 22.6 Å². The van der Waals surface area contributed by atoms with Gasteiger partial charge in [-0.05, 0) is 17.5 Å². The molecule has 88 valence electrons. The Kier molecular flexibility index (Phi) is 4.57. The fraction of sp³-hybridized carbons (Fsp3) is 0.200. The number of alkyl halides is 1. The lowest BCUT2D eigenvalue weighted by Gasteiger charge is -2.17. The van der Waals surface area contributed by atoms with Crippen LogP contribution >= 0.6 is 22.6 Å². The zero-order chi connectivity index (χ0) is 12.1. The van der Waals surface area contributed by atoms with Gasteiger partial charge in [-0.15, -0.1) is 0 Å². The van der Waals surface area contributed by atoms with Crippen molar-refractivity contribution in [1.29, 1.82) is 0 Å². The number of aliphatic hydroxyl groups excluding tert-OH is 1. The summed E-state index contributed by atoms with van der Waals surface area (Å²) in [6.45, 7) is 0. The Hall–Kier alpha value is -0.870. The van der Waals surface area contributed by atoms with Crippen molar-refractivity contribution in [2.45, 2.75) is 16.4 Å². The molecule has 2 rings (SSSR count). The summed E-state index contributed by atoms with van der Waals surface area (Å²) in [4.78, 5) is 0. The van der Waals surface area contributed by atoms with Crippen molar-refractivity contribution in [1.82, 2.24) is 0 Å². The fourth-order valence-corrected chi connectivity index (χ4v) is 2.73. The van der Waals surface area contributed by atoms with Crippen LogP contribution in [0.1, 0.15) is 17.2 Å². The van der Waals surface area contributed by atoms with Crippen LogP contribution in [0.3, 0.4) is 0 Å². The summed E-state index contributed by atoms with van der Waals surface area (Å²) in [5.74, 6) is 0. The molecule has 0 amide bonds. The van der Waals surface area contributed by atoms with E-state index in [2.05, 4.69) is 34.7 Å². The average Bonchev–Trinajstić information content (AvgIpc) is 2.40. The normalized spacial score (nSPS) is 14.2. The average molecular weight is 340 g/mol. The van der Waals surface area contributed by atoms with Gasteiger partial charge in [-0.1, -0.05) is 83.3 Å². The highest BCUT2D eigenvalue weighted by atomic mass is 127. The maximum absolute atomic E-state index is 10.2. The first-order valence-electron chi connectivity index (χ1n) is 5.68. The van der Waals surface area contributed by atoms with Crippen molar-refractivity contribution in [2.75, 3.05) is 0 Å². The first kappa shape index (κ1) is 12.6. The summed E-state index contributed by atoms with van der Waals surface area (Å²) in [5, 5.41) is 10.2. The van der Waals surface area contributed by atoms with E-state index in [-0.39, 0.29) is 3.92 Å². The second kappa shape index (κ2) is 6.17. The molecule has 0 aromatic heterocycles. The van der Waals surface area contributed by atoms with Crippen LogP contribution in [0, 0.1) is 0 Å². The van der Waals surface area contributed by atoms with Gasteiger partial charge in [0, 0.05) is 3.92 Å². The number of hydrogen-bond acceptors (Lipinski definition) is 1. The molecule has 2 aromatic rings. The smallest absolute Gasteiger partial charge is 0.0910 e. The molecule has 1 N–H and O–H groups in total. The molecule has 0 saturated carbocycles. The SMILES string of the molecule is [18OH]C(c1ccccc1)C(I)Cc1ccccc1. The molecule has 0 bridgehead atoms. The van der Waals surface area contributed by atoms with E-state index >= 15 is 0 Å². The molecule has 2 atom stereocenters. The van der Waals surface area contributed by atoms with Gasteiger partial charge in [0.2, 0.25) is 0 Å². The van der Waals surface area contributed by atoms with E-state index in [1.165, 1.54) is 5.56 Å². The van der Waals surface area contributed by atoms with E-state index in [0.717, 1.165) is 12.0 Å². The summed E-state index contributed by atoms with van der Waals surface area (Å²) < 4.78 is 0.192. The lowest BCUT2D eigenvalue weighted by molar-refractivity contribution is 0.179. The Labute approximate surface area is 116 Å². The largest absolute Gasteiger partial charge is 0.387 e. The molecule has 2 aromatic carbocycles. The minimum Gasteiger partial charge on any atom is -0.387 e. The first-order valence-corrected chi connectivity index (χ1v) is 6.93. The number of benzene rings is 2. The first-order chi connectivity index (χ1) is 8.27. The Morgan fingerprint density at radius 1 is 0.882 bits per heavy atom. The van der Waals surface area contributed by atoms with Gasteiger partial charge in [-0.2, -0.15) is 0 Å². The Balaban J connectivity index is 2.03. The predicted octanol–water partition coefficient (Wildman–Crippen LogP) is 3.77. The highest BCUT2D eigenvalue weighted by Crippen LogP contribution is 2.25. The molecule has 2 unspecified atom stereocenters. The third-order valence-corrected chi connectivity index (χ3v) is 3.88. The van der Waals surface area contributed by atoms with Crippen molar-refractivity contribution in [3.63, 3.8) is 0 Å². The van der Waals surface area contributed by atoms with E-state index in [1.54, 1.807) is 0 Å². The van der Waals surface area contributed by atoms with Crippen molar-refractivity contribution in [3.05, 3.63) is 71.8 Å². The second-order valence-electron chi connectivity index (χ2n) is 4.06. The quantitative estimate of drug-likeness (QED) is 0.510. The van der Waals surface area contributed by atoms with Crippen LogP contribution in [0.5, 0.6) is 0 Å². The number of hydrogen-bond donors (Lipinski definition) is 1. The maximum atomic E-state index is 10.2. The highest BCUT2D eigenvalue weighted by Gasteiger charge is 2.17. The molecule has 2 heteroatoms. The van der Waals surface area contributed by atoms with Crippen molar-refractivity contribution < 1.29 is 5.11 Å². The third kappa shape index (κ3) is 3.54. The monoisotopic (exact) mass is 340 g/mol. The van der Waals surface area contributed by atoms with E-state index in [1.807, 2.05) is 48.5 Å². The second-order valence-corrected chi connectivity index (χ2v) is 5.66.